The Morgan fingerprint density at radius 3 is 2.38 bits per heavy atom. The van der Waals surface area contributed by atoms with Crippen molar-refractivity contribution in [2.24, 2.45) is 5.92 Å². The predicted octanol–water partition coefficient (Wildman–Crippen LogP) is 2.37. The summed E-state index contributed by atoms with van der Waals surface area (Å²) in [6.07, 6.45) is 0.510. The van der Waals surface area contributed by atoms with Gasteiger partial charge in [-0.2, -0.15) is 0 Å². The van der Waals surface area contributed by atoms with Crippen LogP contribution in [0.5, 0.6) is 0 Å². The summed E-state index contributed by atoms with van der Waals surface area (Å²) in [7, 11) is 3.27. The van der Waals surface area contributed by atoms with Crippen molar-refractivity contribution < 1.29 is 14.0 Å². The molecule has 0 fully saturated rings. The van der Waals surface area contributed by atoms with E-state index in [0.29, 0.717) is 6.42 Å². The van der Waals surface area contributed by atoms with Gasteiger partial charge in [0.2, 0.25) is 5.91 Å². The molecular weight excluding hydrogens is 271 g/mol. The Balaban J connectivity index is 2.92. The maximum atomic E-state index is 13.8. The number of amides is 2. The molecule has 4 nitrogen and oxygen atoms in total. The Morgan fingerprint density at radius 1 is 1.29 bits per heavy atom. The Morgan fingerprint density at radius 2 is 1.90 bits per heavy atom. The molecule has 0 spiro atoms. The van der Waals surface area contributed by atoms with Crippen molar-refractivity contribution in [1.82, 2.24) is 10.2 Å². The van der Waals surface area contributed by atoms with Gasteiger partial charge in [-0.1, -0.05) is 19.9 Å². The highest BCUT2D eigenvalue weighted by Crippen LogP contribution is 2.12. The van der Waals surface area contributed by atoms with E-state index in [1.807, 2.05) is 13.8 Å². The number of carbonyl (C=O) groups is 2. The smallest absolute Gasteiger partial charge is 0.254 e. The van der Waals surface area contributed by atoms with Gasteiger partial charge in [-0.25, -0.2) is 4.39 Å². The molecule has 21 heavy (non-hydrogen) atoms. The van der Waals surface area contributed by atoms with Crippen LogP contribution in [0.4, 0.5) is 4.39 Å². The SMILES string of the molecule is Cc1ccc(C(=O)NC(CC(C)C)C(=O)N(C)C)c(F)c1. The lowest BCUT2D eigenvalue weighted by molar-refractivity contribution is -0.131. The lowest BCUT2D eigenvalue weighted by Crippen LogP contribution is -2.47. The summed E-state index contributed by atoms with van der Waals surface area (Å²) in [4.78, 5) is 25.7. The fraction of sp³-hybridized carbons (Fsp3) is 0.500. The summed E-state index contributed by atoms with van der Waals surface area (Å²) in [5.41, 5.74) is 0.702. The molecule has 116 valence electrons. The van der Waals surface area contributed by atoms with Gasteiger partial charge in [-0.15, -0.1) is 0 Å². The lowest BCUT2D eigenvalue weighted by atomic mass is 10.0. The van der Waals surface area contributed by atoms with Crippen LogP contribution >= 0.6 is 0 Å². The number of rotatable bonds is 5. The van der Waals surface area contributed by atoms with Gasteiger partial charge in [0.05, 0.1) is 5.56 Å². The zero-order chi connectivity index (χ0) is 16.2. The Hall–Kier alpha value is -1.91. The molecule has 1 aromatic carbocycles. The number of likely N-dealkylation sites (N-methyl/N-ethyl adjacent to an activating group) is 1. The average Bonchev–Trinajstić information content (AvgIpc) is 2.36. The summed E-state index contributed by atoms with van der Waals surface area (Å²) in [5, 5.41) is 2.64. The molecule has 1 unspecified atom stereocenters. The third kappa shape index (κ3) is 4.85. The Kier molecular flexibility index (Phi) is 5.88. The van der Waals surface area contributed by atoms with Crippen molar-refractivity contribution in [2.45, 2.75) is 33.2 Å². The first-order chi connectivity index (χ1) is 9.72. The molecule has 1 atom stereocenters. The molecule has 0 saturated carbocycles. The van der Waals surface area contributed by atoms with Gasteiger partial charge < -0.3 is 10.2 Å². The van der Waals surface area contributed by atoms with Crippen LogP contribution < -0.4 is 5.32 Å². The van der Waals surface area contributed by atoms with Gasteiger partial charge in [-0.05, 0) is 37.0 Å². The monoisotopic (exact) mass is 294 g/mol. The minimum absolute atomic E-state index is 0.0408. The Bertz CT molecular complexity index is 527. The maximum absolute atomic E-state index is 13.8. The number of aryl methyl sites for hydroxylation is 1. The molecule has 1 aromatic rings. The molecule has 5 heteroatoms. The van der Waals surface area contributed by atoms with E-state index in [0.717, 1.165) is 5.56 Å². The molecule has 0 bridgehead atoms. The minimum atomic E-state index is -0.645. The molecule has 0 heterocycles. The van der Waals surface area contributed by atoms with E-state index in [1.165, 1.54) is 17.0 Å². The van der Waals surface area contributed by atoms with Crippen LogP contribution in [0.3, 0.4) is 0 Å². The number of carbonyl (C=O) groups excluding carboxylic acids is 2. The van der Waals surface area contributed by atoms with Crippen LogP contribution in [-0.2, 0) is 4.79 Å². The highest BCUT2D eigenvalue weighted by atomic mass is 19.1. The normalized spacial score (nSPS) is 12.1. The topological polar surface area (TPSA) is 49.4 Å². The molecule has 0 aromatic heterocycles. The van der Waals surface area contributed by atoms with E-state index < -0.39 is 17.8 Å². The van der Waals surface area contributed by atoms with E-state index in [4.69, 9.17) is 0 Å². The first-order valence-electron chi connectivity index (χ1n) is 7.00. The molecule has 0 aliphatic rings. The minimum Gasteiger partial charge on any atom is -0.347 e. The van der Waals surface area contributed by atoms with Gasteiger partial charge in [0, 0.05) is 14.1 Å². The fourth-order valence-electron chi connectivity index (χ4n) is 2.04. The third-order valence-electron chi connectivity index (χ3n) is 3.12. The first kappa shape index (κ1) is 17.1. The van der Waals surface area contributed by atoms with Crippen molar-refractivity contribution in [3.8, 4) is 0 Å². The number of halogens is 1. The van der Waals surface area contributed by atoms with Crippen molar-refractivity contribution >= 4 is 11.8 Å². The van der Waals surface area contributed by atoms with Crippen LogP contribution in [0.25, 0.3) is 0 Å². The zero-order valence-electron chi connectivity index (χ0n) is 13.2. The van der Waals surface area contributed by atoms with Crippen LogP contribution in [0.2, 0.25) is 0 Å². The highest BCUT2D eigenvalue weighted by Gasteiger charge is 2.24. The molecular formula is C16H23FN2O2. The van der Waals surface area contributed by atoms with Gasteiger partial charge >= 0.3 is 0 Å². The highest BCUT2D eigenvalue weighted by molar-refractivity contribution is 5.97. The predicted molar refractivity (Wildman–Crippen MR) is 80.5 cm³/mol. The Labute approximate surface area is 125 Å². The van der Waals surface area contributed by atoms with Gasteiger partial charge in [0.15, 0.2) is 0 Å². The molecule has 2 amide bonds. The molecule has 0 saturated heterocycles. The number of benzene rings is 1. The molecule has 1 rings (SSSR count). The van der Waals surface area contributed by atoms with Gasteiger partial charge in [0.1, 0.15) is 11.9 Å². The first-order valence-corrected chi connectivity index (χ1v) is 7.00. The van der Waals surface area contributed by atoms with E-state index in [-0.39, 0.29) is 17.4 Å². The van der Waals surface area contributed by atoms with E-state index in [2.05, 4.69) is 5.32 Å². The number of nitrogens with one attached hydrogen (secondary N) is 1. The van der Waals surface area contributed by atoms with Gasteiger partial charge in [0.25, 0.3) is 5.91 Å². The fourth-order valence-corrected chi connectivity index (χ4v) is 2.04. The van der Waals surface area contributed by atoms with Gasteiger partial charge in [-0.3, -0.25) is 9.59 Å². The number of hydrogen-bond donors (Lipinski definition) is 1. The maximum Gasteiger partial charge on any atom is 0.254 e. The molecule has 0 aliphatic carbocycles. The number of nitrogens with zero attached hydrogens (tertiary/aromatic N) is 1. The summed E-state index contributed by atoms with van der Waals surface area (Å²) >= 11 is 0. The summed E-state index contributed by atoms with van der Waals surface area (Å²) in [6.45, 7) is 5.69. The second-order valence-corrected chi connectivity index (χ2v) is 5.87. The van der Waals surface area contributed by atoms with Crippen LogP contribution in [-0.4, -0.2) is 36.9 Å². The summed E-state index contributed by atoms with van der Waals surface area (Å²) < 4.78 is 13.8. The van der Waals surface area contributed by atoms with Crippen molar-refractivity contribution in [3.05, 3.63) is 35.1 Å². The second-order valence-electron chi connectivity index (χ2n) is 5.87. The summed E-state index contributed by atoms with van der Waals surface area (Å²) in [5.74, 6) is -1.09. The summed E-state index contributed by atoms with van der Waals surface area (Å²) in [6, 6.07) is 3.77. The van der Waals surface area contributed by atoms with Crippen LogP contribution in [0.15, 0.2) is 18.2 Å². The molecule has 0 radical (unpaired) electrons. The standard InChI is InChI=1S/C16H23FN2O2/c1-10(2)8-14(16(21)19(4)5)18-15(20)12-7-6-11(3)9-13(12)17/h6-7,9-10,14H,8H2,1-5H3,(H,18,20). The van der Waals surface area contributed by atoms with E-state index in [9.17, 15) is 14.0 Å². The zero-order valence-corrected chi connectivity index (χ0v) is 13.2. The van der Waals surface area contributed by atoms with Crippen LogP contribution in [0.1, 0.15) is 36.2 Å². The van der Waals surface area contributed by atoms with Crippen molar-refractivity contribution in [1.29, 1.82) is 0 Å². The average molecular weight is 294 g/mol. The van der Waals surface area contributed by atoms with E-state index in [1.54, 1.807) is 27.1 Å². The third-order valence-corrected chi connectivity index (χ3v) is 3.12. The molecule has 0 aliphatic heterocycles. The van der Waals surface area contributed by atoms with E-state index >= 15 is 0 Å². The second kappa shape index (κ2) is 7.20. The largest absolute Gasteiger partial charge is 0.347 e. The van der Waals surface area contributed by atoms with Crippen molar-refractivity contribution in [2.75, 3.05) is 14.1 Å². The number of hydrogen-bond acceptors (Lipinski definition) is 2. The van der Waals surface area contributed by atoms with Crippen molar-refractivity contribution in [3.63, 3.8) is 0 Å². The molecule has 1 N–H and O–H groups in total. The van der Waals surface area contributed by atoms with Crippen LogP contribution in [0, 0.1) is 18.7 Å². The lowest BCUT2D eigenvalue weighted by Gasteiger charge is -2.23. The quantitative estimate of drug-likeness (QED) is 0.906.